The van der Waals surface area contributed by atoms with Crippen molar-refractivity contribution >= 4 is 32.6 Å². The van der Waals surface area contributed by atoms with Gasteiger partial charge in [-0.15, -0.1) is 0 Å². The van der Waals surface area contributed by atoms with Crippen molar-refractivity contribution in [2.75, 3.05) is 32.1 Å². The number of thiazole rings is 1. The summed E-state index contributed by atoms with van der Waals surface area (Å²) < 4.78 is 1.13. The molecule has 2 aromatic carbocycles. The van der Waals surface area contributed by atoms with Crippen LogP contribution in [-0.2, 0) is 11.2 Å². The molecule has 0 aliphatic rings. The number of hydrogen-bond donors (Lipinski definition) is 0. The van der Waals surface area contributed by atoms with E-state index in [9.17, 15) is 4.79 Å². The number of carbonyl (C=O) groups is 1. The van der Waals surface area contributed by atoms with Crippen molar-refractivity contribution in [2.45, 2.75) is 20.3 Å². The molecule has 1 aromatic heterocycles. The third-order valence-corrected chi connectivity index (χ3v) is 5.53. The quantitative estimate of drug-likeness (QED) is 0.659. The van der Waals surface area contributed by atoms with Crippen LogP contribution in [0.2, 0.25) is 0 Å². The largest absolute Gasteiger partial charge is 0.308 e. The Morgan fingerprint density at radius 2 is 1.73 bits per heavy atom. The van der Waals surface area contributed by atoms with Crippen LogP contribution in [0.3, 0.4) is 0 Å². The van der Waals surface area contributed by atoms with Gasteiger partial charge in [-0.05, 0) is 56.8 Å². The molecule has 3 aromatic rings. The van der Waals surface area contributed by atoms with Crippen LogP contribution in [-0.4, -0.2) is 43.0 Å². The molecule has 3 rings (SSSR count). The maximum atomic E-state index is 13.0. The Labute approximate surface area is 159 Å². The summed E-state index contributed by atoms with van der Waals surface area (Å²) in [5, 5.41) is 0.785. The van der Waals surface area contributed by atoms with Gasteiger partial charge in [0, 0.05) is 13.1 Å². The molecule has 0 saturated heterocycles. The second-order valence-electron chi connectivity index (χ2n) is 6.91. The molecule has 136 valence electrons. The van der Waals surface area contributed by atoms with Gasteiger partial charge in [0.15, 0.2) is 5.13 Å². The molecular formula is C21H25N3OS. The van der Waals surface area contributed by atoms with E-state index in [1.165, 1.54) is 11.1 Å². The fourth-order valence-corrected chi connectivity index (χ4v) is 3.87. The normalized spacial score (nSPS) is 11.3. The Kier molecular flexibility index (Phi) is 5.69. The second-order valence-corrected chi connectivity index (χ2v) is 7.92. The Morgan fingerprint density at radius 3 is 2.42 bits per heavy atom. The highest BCUT2D eigenvalue weighted by molar-refractivity contribution is 7.22. The maximum Gasteiger partial charge on any atom is 0.233 e. The number of benzene rings is 2. The Morgan fingerprint density at radius 1 is 1.04 bits per heavy atom. The van der Waals surface area contributed by atoms with Crippen molar-refractivity contribution in [1.82, 2.24) is 9.88 Å². The van der Waals surface area contributed by atoms with Crippen molar-refractivity contribution in [3.05, 3.63) is 59.2 Å². The number of amides is 1. The molecule has 0 unspecified atom stereocenters. The Balaban J connectivity index is 1.91. The van der Waals surface area contributed by atoms with E-state index in [1.807, 2.05) is 49.3 Å². The van der Waals surface area contributed by atoms with Crippen LogP contribution in [0.1, 0.15) is 16.7 Å². The van der Waals surface area contributed by atoms with Crippen LogP contribution >= 0.6 is 11.3 Å². The van der Waals surface area contributed by atoms with Gasteiger partial charge in [0.2, 0.25) is 5.91 Å². The number of fused-ring (bicyclic) bond motifs is 1. The van der Waals surface area contributed by atoms with E-state index in [2.05, 4.69) is 30.9 Å². The van der Waals surface area contributed by atoms with Crippen LogP contribution in [0.4, 0.5) is 5.13 Å². The zero-order valence-electron chi connectivity index (χ0n) is 15.8. The fourth-order valence-electron chi connectivity index (χ4n) is 2.78. The van der Waals surface area contributed by atoms with Crippen molar-refractivity contribution in [1.29, 1.82) is 0 Å². The zero-order valence-corrected chi connectivity index (χ0v) is 16.6. The highest BCUT2D eigenvalue weighted by atomic mass is 32.1. The van der Waals surface area contributed by atoms with Crippen molar-refractivity contribution in [3.63, 3.8) is 0 Å². The molecule has 0 aliphatic carbocycles. The summed E-state index contributed by atoms with van der Waals surface area (Å²) in [4.78, 5) is 21.7. The number of carbonyl (C=O) groups excluding carboxylic acids is 1. The zero-order chi connectivity index (χ0) is 18.7. The SMILES string of the molecule is Cc1cc2nc(N(CCN(C)C)C(=O)Cc3ccccc3)sc2cc1C. The Hall–Kier alpha value is -2.24. The molecule has 4 nitrogen and oxygen atoms in total. The highest BCUT2D eigenvalue weighted by Gasteiger charge is 2.20. The third-order valence-electron chi connectivity index (χ3n) is 4.49. The molecule has 0 N–H and O–H groups in total. The highest BCUT2D eigenvalue weighted by Crippen LogP contribution is 2.31. The van der Waals surface area contributed by atoms with Gasteiger partial charge >= 0.3 is 0 Å². The first kappa shape index (κ1) is 18.5. The van der Waals surface area contributed by atoms with Gasteiger partial charge in [-0.25, -0.2) is 4.98 Å². The molecule has 1 heterocycles. The number of aromatic nitrogens is 1. The van der Waals surface area contributed by atoms with Gasteiger partial charge in [0.05, 0.1) is 16.6 Å². The van der Waals surface area contributed by atoms with E-state index in [-0.39, 0.29) is 5.91 Å². The van der Waals surface area contributed by atoms with Crippen LogP contribution in [0, 0.1) is 13.8 Å². The molecule has 5 heteroatoms. The van der Waals surface area contributed by atoms with Crippen LogP contribution in [0.25, 0.3) is 10.2 Å². The lowest BCUT2D eigenvalue weighted by molar-refractivity contribution is -0.118. The summed E-state index contributed by atoms with van der Waals surface area (Å²) in [5.74, 6) is 0.0885. The van der Waals surface area contributed by atoms with Gasteiger partial charge in [-0.2, -0.15) is 0 Å². The number of aryl methyl sites for hydroxylation is 2. The first-order valence-electron chi connectivity index (χ1n) is 8.81. The van der Waals surface area contributed by atoms with E-state index in [1.54, 1.807) is 11.3 Å². The van der Waals surface area contributed by atoms with E-state index in [0.717, 1.165) is 27.5 Å². The summed E-state index contributed by atoms with van der Waals surface area (Å²) in [6.07, 6.45) is 0.391. The monoisotopic (exact) mass is 367 g/mol. The van der Waals surface area contributed by atoms with E-state index < -0.39 is 0 Å². The fraction of sp³-hybridized carbons (Fsp3) is 0.333. The average molecular weight is 368 g/mol. The molecule has 0 saturated carbocycles. The first-order chi connectivity index (χ1) is 12.4. The van der Waals surface area contributed by atoms with Gasteiger partial charge in [-0.1, -0.05) is 41.7 Å². The van der Waals surface area contributed by atoms with Crippen molar-refractivity contribution in [3.8, 4) is 0 Å². The molecule has 0 bridgehead atoms. The van der Waals surface area contributed by atoms with Crippen LogP contribution < -0.4 is 4.90 Å². The van der Waals surface area contributed by atoms with Gasteiger partial charge in [0.1, 0.15) is 0 Å². The van der Waals surface area contributed by atoms with E-state index in [0.29, 0.717) is 13.0 Å². The standard InChI is InChI=1S/C21H25N3OS/c1-15-12-18-19(13-16(15)2)26-21(22-18)24(11-10-23(3)4)20(25)14-17-8-6-5-7-9-17/h5-9,12-13H,10-11,14H2,1-4H3. The predicted molar refractivity (Wildman–Crippen MR) is 110 cm³/mol. The molecule has 1 amide bonds. The minimum Gasteiger partial charge on any atom is -0.308 e. The second kappa shape index (κ2) is 7.98. The first-order valence-corrected chi connectivity index (χ1v) is 9.62. The summed E-state index contributed by atoms with van der Waals surface area (Å²) in [6, 6.07) is 14.2. The number of nitrogens with zero attached hydrogens (tertiary/aromatic N) is 3. The minimum atomic E-state index is 0.0885. The summed E-state index contributed by atoms with van der Waals surface area (Å²) >= 11 is 1.59. The lowest BCUT2D eigenvalue weighted by Gasteiger charge is -2.22. The number of anilines is 1. The summed E-state index contributed by atoms with van der Waals surface area (Å²) in [5.41, 5.74) is 4.48. The van der Waals surface area contributed by atoms with Gasteiger partial charge in [0.25, 0.3) is 0 Å². The topological polar surface area (TPSA) is 36.4 Å². The van der Waals surface area contributed by atoms with E-state index >= 15 is 0 Å². The lowest BCUT2D eigenvalue weighted by atomic mass is 10.1. The number of hydrogen-bond acceptors (Lipinski definition) is 4. The molecule has 0 atom stereocenters. The Bertz CT molecular complexity index is 863. The number of likely N-dealkylation sites (N-methyl/N-ethyl adjacent to an activating group) is 1. The molecule has 0 aliphatic heterocycles. The number of rotatable bonds is 6. The average Bonchev–Trinajstić information content (AvgIpc) is 2.98. The smallest absolute Gasteiger partial charge is 0.233 e. The van der Waals surface area contributed by atoms with Gasteiger partial charge < -0.3 is 4.90 Å². The molecule has 0 spiro atoms. The minimum absolute atomic E-state index is 0.0885. The lowest BCUT2D eigenvalue weighted by Crippen LogP contribution is -2.37. The molecule has 0 radical (unpaired) electrons. The predicted octanol–water partition coefficient (Wildman–Crippen LogP) is 4.05. The van der Waals surface area contributed by atoms with Crippen LogP contribution in [0.15, 0.2) is 42.5 Å². The summed E-state index contributed by atoms with van der Waals surface area (Å²) in [7, 11) is 4.04. The van der Waals surface area contributed by atoms with Crippen molar-refractivity contribution in [2.24, 2.45) is 0 Å². The molecule has 0 fully saturated rings. The van der Waals surface area contributed by atoms with Crippen LogP contribution in [0.5, 0.6) is 0 Å². The summed E-state index contributed by atoms with van der Waals surface area (Å²) in [6.45, 7) is 5.64. The van der Waals surface area contributed by atoms with Gasteiger partial charge in [-0.3, -0.25) is 9.69 Å². The molecule has 26 heavy (non-hydrogen) atoms. The van der Waals surface area contributed by atoms with E-state index in [4.69, 9.17) is 4.98 Å². The van der Waals surface area contributed by atoms with Crippen molar-refractivity contribution < 1.29 is 4.79 Å². The molecular weight excluding hydrogens is 342 g/mol. The third kappa shape index (κ3) is 4.29. The maximum absolute atomic E-state index is 13.0.